The third kappa shape index (κ3) is 3.94. The molecule has 0 bridgehead atoms. The molecule has 2 heterocycles. The largest absolute Gasteiger partial charge is 0.493 e. The van der Waals surface area contributed by atoms with E-state index in [2.05, 4.69) is 22.2 Å². The lowest BCUT2D eigenvalue weighted by atomic mass is 10.1. The van der Waals surface area contributed by atoms with E-state index in [0.29, 0.717) is 50.8 Å². The monoisotopic (exact) mass is 484 g/mol. The average Bonchev–Trinajstić information content (AvgIpc) is 3.43. The van der Waals surface area contributed by atoms with Gasteiger partial charge in [0.1, 0.15) is 0 Å². The molecule has 0 radical (unpaired) electrons. The molecule has 0 spiro atoms. The van der Waals surface area contributed by atoms with Gasteiger partial charge in [0.15, 0.2) is 17.2 Å². The Hall–Kier alpha value is -4.66. The number of ether oxygens (including phenoxy) is 3. The van der Waals surface area contributed by atoms with Gasteiger partial charge in [-0.2, -0.15) is 14.8 Å². The number of benzene rings is 3. The van der Waals surface area contributed by atoms with E-state index in [1.165, 1.54) is 31.6 Å². The van der Waals surface area contributed by atoms with Gasteiger partial charge in [0, 0.05) is 10.9 Å². The molecule has 182 valence electrons. The number of aromatic nitrogens is 4. The van der Waals surface area contributed by atoms with E-state index < -0.39 is 0 Å². The molecule has 2 aromatic heterocycles. The van der Waals surface area contributed by atoms with E-state index in [-0.39, 0.29) is 11.4 Å². The molecule has 36 heavy (non-hydrogen) atoms. The molecule has 0 amide bonds. The molecule has 5 rings (SSSR count). The van der Waals surface area contributed by atoms with Gasteiger partial charge in [0.25, 0.3) is 11.4 Å². The number of aryl methyl sites for hydroxylation is 1. The van der Waals surface area contributed by atoms with E-state index in [9.17, 15) is 4.79 Å². The highest BCUT2D eigenvalue weighted by Crippen LogP contribution is 2.41. The highest BCUT2D eigenvalue weighted by molar-refractivity contribution is 5.92. The van der Waals surface area contributed by atoms with Gasteiger partial charge in [0.2, 0.25) is 11.6 Å². The van der Waals surface area contributed by atoms with Crippen LogP contribution in [0.25, 0.3) is 39.4 Å². The summed E-state index contributed by atoms with van der Waals surface area (Å²) >= 11 is 0. The van der Waals surface area contributed by atoms with Crippen LogP contribution in [0.3, 0.4) is 0 Å². The standard InChI is InChI=1S/C27H24N4O5/c1-5-16-10-12-18(13-11-16)31-27(32)20-9-7-6-8-19(20)23(29-31)26-28-25(30-36-26)17-14-21(33-2)24(35-4)22(15-17)34-3/h6-15H,5H2,1-4H3. The minimum absolute atomic E-state index is 0.175. The van der Waals surface area contributed by atoms with Crippen molar-refractivity contribution < 1.29 is 18.7 Å². The van der Waals surface area contributed by atoms with Crippen molar-refractivity contribution in [1.29, 1.82) is 0 Å². The quantitative estimate of drug-likeness (QED) is 0.328. The van der Waals surface area contributed by atoms with Gasteiger partial charge in [-0.05, 0) is 42.3 Å². The topological polar surface area (TPSA) is 102 Å². The van der Waals surface area contributed by atoms with Gasteiger partial charge in [0.05, 0.1) is 32.4 Å². The van der Waals surface area contributed by atoms with E-state index in [1.807, 2.05) is 42.5 Å². The maximum atomic E-state index is 13.3. The molecule has 0 fully saturated rings. The number of fused-ring (bicyclic) bond motifs is 1. The summed E-state index contributed by atoms with van der Waals surface area (Å²) < 4.78 is 23.3. The first-order valence-corrected chi connectivity index (χ1v) is 11.3. The molecule has 0 aliphatic heterocycles. The van der Waals surface area contributed by atoms with Crippen molar-refractivity contribution in [1.82, 2.24) is 19.9 Å². The molecule has 0 saturated heterocycles. The van der Waals surface area contributed by atoms with Crippen LogP contribution >= 0.6 is 0 Å². The van der Waals surface area contributed by atoms with Crippen molar-refractivity contribution in [3.8, 4) is 45.9 Å². The Labute approximate surface area is 206 Å². The van der Waals surface area contributed by atoms with Crippen LogP contribution in [0.4, 0.5) is 0 Å². The first-order valence-electron chi connectivity index (χ1n) is 11.3. The second-order valence-electron chi connectivity index (χ2n) is 7.97. The van der Waals surface area contributed by atoms with Crippen molar-refractivity contribution in [2.75, 3.05) is 21.3 Å². The molecule has 5 aromatic rings. The lowest BCUT2D eigenvalue weighted by Gasteiger charge is -2.12. The number of hydrogen-bond donors (Lipinski definition) is 0. The molecule has 0 aliphatic rings. The summed E-state index contributed by atoms with van der Waals surface area (Å²) in [6, 6.07) is 18.4. The highest BCUT2D eigenvalue weighted by Gasteiger charge is 2.21. The highest BCUT2D eigenvalue weighted by atomic mass is 16.5. The number of rotatable bonds is 7. The number of nitrogens with zero attached hydrogens (tertiary/aromatic N) is 4. The second-order valence-corrected chi connectivity index (χ2v) is 7.97. The molecular formula is C27H24N4O5. The normalized spacial score (nSPS) is 11.0. The molecule has 0 N–H and O–H groups in total. The summed E-state index contributed by atoms with van der Waals surface area (Å²) in [7, 11) is 4.61. The van der Waals surface area contributed by atoms with Gasteiger partial charge in [-0.25, -0.2) is 0 Å². The smallest absolute Gasteiger partial charge is 0.279 e. The minimum Gasteiger partial charge on any atom is -0.493 e. The Morgan fingerprint density at radius 3 is 2.17 bits per heavy atom. The lowest BCUT2D eigenvalue weighted by Crippen LogP contribution is -2.22. The van der Waals surface area contributed by atoms with E-state index >= 15 is 0 Å². The predicted molar refractivity (Wildman–Crippen MR) is 135 cm³/mol. The van der Waals surface area contributed by atoms with E-state index in [1.54, 1.807) is 18.2 Å². The maximum Gasteiger partial charge on any atom is 0.279 e. The number of methoxy groups -OCH3 is 3. The van der Waals surface area contributed by atoms with Crippen molar-refractivity contribution in [2.24, 2.45) is 0 Å². The van der Waals surface area contributed by atoms with Crippen molar-refractivity contribution in [3.05, 3.63) is 76.6 Å². The molecule has 0 atom stereocenters. The Morgan fingerprint density at radius 2 is 1.56 bits per heavy atom. The summed E-state index contributed by atoms with van der Waals surface area (Å²) in [4.78, 5) is 17.9. The van der Waals surface area contributed by atoms with Crippen molar-refractivity contribution in [3.63, 3.8) is 0 Å². The van der Waals surface area contributed by atoms with Gasteiger partial charge in [-0.15, -0.1) is 0 Å². The first kappa shape index (κ1) is 23.1. The molecule has 3 aromatic carbocycles. The van der Waals surface area contributed by atoms with Crippen LogP contribution in [0.5, 0.6) is 17.2 Å². The van der Waals surface area contributed by atoms with Crippen LogP contribution < -0.4 is 19.8 Å². The molecular weight excluding hydrogens is 460 g/mol. The van der Waals surface area contributed by atoms with Crippen LogP contribution in [-0.4, -0.2) is 41.3 Å². The zero-order valence-corrected chi connectivity index (χ0v) is 20.3. The molecule has 0 aliphatic carbocycles. The fraction of sp³-hybridized carbons (Fsp3) is 0.185. The summed E-state index contributed by atoms with van der Waals surface area (Å²) in [5, 5.41) is 9.90. The van der Waals surface area contributed by atoms with E-state index in [4.69, 9.17) is 18.7 Å². The zero-order valence-electron chi connectivity index (χ0n) is 20.3. The Morgan fingerprint density at radius 1 is 0.889 bits per heavy atom. The fourth-order valence-corrected chi connectivity index (χ4v) is 4.04. The van der Waals surface area contributed by atoms with Gasteiger partial charge in [-0.1, -0.05) is 42.4 Å². The average molecular weight is 485 g/mol. The third-order valence-electron chi connectivity index (χ3n) is 5.95. The number of hydrogen-bond acceptors (Lipinski definition) is 8. The van der Waals surface area contributed by atoms with Crippen LogP contribution in [-0.2, 0) is 6.42 Å². The molecule has 0 saturated carbocycles. The summed E-state index contributed by atoms with van der Waals surface area (Å²) in [6.07, 6.45) is 0.900. The SMILES string of the molecule is CCc1ccc(-n2nc(-c3nc(-c4cc(OC)c(OC)c(OC)c4)no3)c3ccccc3c2=O)cc1. The summed E-state index contributed by atoms with van der Waals surface area (Å²) in [6.45, 7) is 2.08. The fourth-order valence-electron chi connectivity index (χ4n) is 4.04. The molecule has 9 nitrogen and oxygen atoms in total. The van der Waals surface area contributed by atoms with Gasteiger partial charge >= 0.3 is 0 Å². The summed E-state index contributed by atoms with van der Waals surface area (Å²) in [5.41, 5.74) is 2.58. The van der Waals surface area contributed by atoms with Crippen LogP contribution in [0, 0.1) is 0 Å². The maximum absolute atomic E-state index is 13.3. The zero-order chi connectivity index (χ0) is 25.2. The molecule has 9 heteroatoms. The van der Waals surface area contributed by atoms with Crippen LogP contribution in [0.2, 0.25) is 0 Å². The predicted octanol–water partition coefficient (Wildman–Crippen LogP) is 4.69. The van der Waals surface area contributed by atoms with E-state index in [0.717, 1.165) is 6.42 Å². The van der Waals surface area contributed by atoms with Crippen molar-refractivity contribution >= 4 is 10.8 Å². The Kier molecular flexibility index (Phi) is 6.12. The Balaban J connectivity index is 1.66. The van der Waals surface area contributed by atoms with Gasteiger partial charge < -0.3 is 18.7 Å². The van der Waals surface area contributed by atoms with Crippen LogP contribution in [0.15, 0.2) is 70.0 Å². The molecule has 0 unspecified atom stereocenters. The van der Waals surface area contributed by atoms with Crippen molar-refractivity contribution in [2.45, 2.75) is 13.3 Å². The minimum atomic E-state index is -0.233. The Bertz CT molecular complexity index is 1580. The lowest BCUT2D eigenvalue weighted by molar-refractivity contribution is 0.324. The second kappa shape index (κ2) is 9.53. The summed E-state index contributed by atoms with van der Waals surface area (Å²) in [5.74, 6) is 1.87. The van der Waals surface area contributed by atoms with Gasteiger partial charge in [-0.3, -0.25) is 4.79 Å². The first-order chi connectivity index (χ1) is 17.6. The van der Waals surface area contributed by atoms with Crippen LogP contribution in [0.1, 0.15) is 12.5 Å². The third-order valence-corrected chi connectivity index (χ3v) is 5.95.